The zero-order chi connectivity index (χ0) is 31.7. The Bertz CT molecular complexity index is 1540. The Morgan fingerprint density at radius 1 is 1.00 bits per heavy atom. The number of carbonyl (C=O) groups is 3. The summed E-state index contributed by atoms with van der Waals surface area (Å²) in [4.78, 5) is 50.9. The third-order valence-corrected chi connectivity index (χ3v) is 8.92. The molecule has 1 aliphatic carbocycles. The van der Waals surface area contributed by atoms with Crippen molar-refractivity contribution in [1.29, 1.82) is 0 Å². The van der Waals surface area contributed by atoms with E-state index >= 15 is 0 Å². The van der Waals surface area contributed by atoms with Crippen molar-refractivity contribution in [2.75, 3.05) is 64.1 Å². The fourth-order valence-electron chi connectivity index (χ4n) is 6.08. The summed E-state index contributed by atoms with van der Waals surface area (Å²) in [6.07, 6.45) is 4.01. The molecule has 12 nitrogen and oxygen atoms in total. The van der Waals surface area contributed by atoms with E-state index in [9.17, 15) is 14.4 Å². The molecule has 45 heavy (non-hydrogen) atoms. The van der Waals surface area contributed by atoms with Gasteiger partial charge in [-0.25, -0.2) is 9.78 Å². The second kappa shape index (κ2) is 12.9. The van der Waals surface area contributed by atoms with Crippen LogP contribution >= 0.6 is 0 Å². The van der Waals surface area contributed by atoms with Gasteiger partial charge in [0.2, 0.25) is 0 Å². The van der Waals surface area contributed by atoms with Gasteiger partial charge < -0.3 is 30.2 Å². The monoisotopic (exact) mass is 613 g/mol. The number of anilines is 2. The first-order chi connectivity index (χ1) is 21.7. The van der Waals surface area contributed by atoms with Gasteiger partial charge in [-0.1, -0.05) is 19.1 Å². The number of carbonyl (C=O) groups excluding carboxylic acids is 3. The largest absolute Gasteiger partial charge is 0.351 e. The zero-order valence-electron chi connectivity index (χ0n) is 26.6. The van der Waals surface area contributed by atoms with Crippen LogP contribution in [0, 0.1) is 5.92 Å². The third-order valence-electron chi connectivity index (χ3n) is 8.92. The molecular formula is C33H43N9O3. The van der Waals surface area contributed by atoms with Crippen LogP contribution in [0.2, 0.25) is 0 Å². The maximum Gasteiger partial charge on any atom is 0.321 e. The third kappa shape index (κ3) is 6.95. The van der Waals surface area contributed by atoms with Crippen LogP contribution in [0.15, 0.2) is 42.6 Å². The van der Waals surface area contributed by atoms with Crippen LogP contribution in [0.3, 0.4) is 0 Å². The number of likely N-dealkylation sites (N-methyl/N-ethyl adjacent to an activating group) is 1. The summed E-state index contributed by atoms with van der Waals surface area (Å²) in [6.45, 7) is 7.78. The Morgan fingerprint density at radius 3 is 2.38 bits per heavy atom. The fraction of sp³-hybridized carbons (Fsp3) is 0.485. The smallest absolute Gasteiger partial charge is 0.321 e. The number of nitrogens with zero attached hydrogens (tertiary/aromatic N) is 7. The molecule has 1 atom stereocenters. The fourth-order valence-corrected chi connectivity index (χ4v) is 6.08. The van der Waals surface area contributed by atoms with Crippen molar-refractivity contribution in [3.8, 4) is 0 Å². The summed E-state index contributed by atoms with van der Waals surface area (Å²) in [5, 5.41) is 10.9. The van der Waals surface area contributed by atoms with Crippen molar-refractivity contribution in [1.82, 2.24) is 34.8 Å². The molecule has 1 aromatic carbocycles. The number of rotatable bonds is 8. The minimum Gasteiger partial charge on any atom is -0.351 e. The normalized spacial score (nSPS) is 18.4. The molecule has 3 aliphatic rings. The molecule has 0 unspecified atom stereocenters. The van der Waals surface area contributed by atoms with Crippen LogP contribution in [0.4, 0.5) is 16.3 Å². The molecule has 2 aliphatic heterocycles. The average Bonchev–Trinajstić information content (AvgIpc) is 3.78. The van der Waals surface area contributed by atoms with E-state index in [2.05, 4.69) is 44.1 Å². The molecule has 0 spiro atoms. The van der Waals surface area contributed by atoms with Gasteiger partial charge in [-0.2, -0.15) is 5.10 Å². The van der Waals surface area contributed by atoms with E-state index in [1.165, 1.54) is 17.7 Å². The van der Waals surface area contributed by atoms with E-state index in [0.717, 1.165) is 54.5 Å². The Kier molecular flexibility index (Phi) is 8.75. The number of fused-ring (bicyclic) bond motifs is 1. The van der Waals surface area contributed by atoms with Crippen LogP contribution in [-0.2, 0) is 19.6 Å². The lowest BCUT2D eigenvalue weighted by Gasteiger charge is -2.33. The van der Waals surface area contributed by atoms with E-state index < -0.39 is 0 Å². The summed E-state index contributed by atoms with van der Waals surface area (Å²) in [7, 11) is 5.51. The van der Waals surface area contributed by atoms with Crippen molar-refractivity contribution in [2.45, 2.75) is 45.3 Å². The van der Waals surface area contributed by atoms with Crippen LogP contribution in [0.25, 0.3) is 0 Å². The first kappa shape index (κ1) is 30.6. The summed E-state index contributed by atoms with van der Waals surface area (Å²) >= 11 is 0. The summed E-state index contributed by atoms with van der Waals surface area (Å²) in [6, 6.07) is 11.2. The lowest BCUT2D eigenvalue weighted by molar-refractivity contribution is 0.0826. The number of amides is 4. The molecule has 12 heteroatoms. The number of hydrogen-bond acceptors (Lipinski definition) is 7. The topological polar surface area (TPSA) is 119 Å². The van der Waals surface area contributed by atoms with Gasteiger partial charge in [0.15, 0.2) is 5.69 Å². The maximum absolute atomic E-state index is 13.6. The number of piperazine rings is 1. The molecule has 2 fully saturated rings. The van der Waals surface area contributed by atoms with Crippen LogP contribution in [0.1, 0.15) is 63.4 Å². The zero-order valence-corrected chi connectivity index (χ0v) is 26.6. The first-order valence-corrected chi connectivity index (χ1v) is 15.8. The second-order valence-corrected chi connectivity index (χ2v) is 12.8. The van der Waals surface area contributed by atoms with Gasteiger partial charge >= 0.3 is 6.03 Å². The van der Waals surface area contributed by atoms with Crippen molar-refractivity contribution in [3.63, 3.8) is 0 Å². The molecule has 4 heterocycles. The highest BCUT2D eigenvalue weighted by Gasteiger charge is 2.34. The second-order valence-electron chi connectivity index (χ2n) is 12.8. The van der Waals surface area contributed by atoms with E-state index in [4.69, 9.17) is 5.10 Å². The molecule has 2 N–H and O–H groups in total. The Labute approximate surface area is 264 Å². The average molecular weight is 614 g/mol. The molecule has 238 valence electrons. The number of nitrogens with one attached hydrogen (secondary N) is 2. The van der Waals surface area contributed by atoms with Gasteiger partial charge in [-0.05, 0) is 55.6 Å². The van der Waals surface area contributed by atoms with E-state index in [1.807, 2.05) is 35.2 Å². The number of aromatic nitrogens is 3. The summed E-state index contributed by atoms with van der Waals surface area (Å²) < 4.78 is 2.06. The molecule has 0 bridgehead atoms. The lowest BCUT2D eigenvalue weighted by atomic mass is 9.95. The van der Waals surface area contributed by atoms with Crippen LogP contribution in [0.5, 0.6) is 0 Å². The molecule has 3 aromatic rings. The number of pyridine rings is 1. The minimum absolute atomic E-state index is 0.0892. The number of urea groups is 1. The van der Waals surface area contributed by atoms with Gasteiger partial charge in [0.05, 0.1) is 5.56 Å². The van der Waals surface area contributed by atoms with E-state index in [0.29, 0.717) is 43.4 Å². The standard InChI is InChI=1S/C33H43N9O3/c1-22-19-41(28-12-9-25(18-34-28)32(44)38(2)3)21-27-29(37-42(30(22)27)20-24-5-6-24)31(43)35-17-23-7-10-26(11-8-23)36-33(45)40-15-13-39(4)14-16-40/h7-12,18,22,24H,5-6,13-17,19-21H2,1-4H3,(H,35,43)(H,36,45)/t22-/m0/s1. The SMILES string of the molecule is C[C@H]1CN(c2ccc(C(=O)N(C)C)cn2)Cc2c(C(=O)NCc3ccc(NC(=O)N4CCN(C)CC4)cc3)nn(CC3CC3)c21. The summed E-state index contributed by atoms with van der Waals surface area (Å²) in [5.74, 6) is 1.24. The van der Waals surface area contributed by atoms with Crippen molar-refractivity contribution >= 4 is 29.4 Å². The Hall–Kier alpha value is -4.45. The molecule has 4 amide bonds. The quantitative estimate of drug-likeness (QED) is 0.401. The van der Waals surface area contributed by atoms with Crippen molar-refractivity contribution < 1.29 is 14.4 Å². The van der Waals surface area contributed by atoms with Gasteiger partial charge in [-0.3, -0.25) is 14.3 Å². The maximum atomic E-state index is 13.6. The predicted octanol–water partition coefficient (Wildman–Crippen LogP) is 3.22. The Balaban J connectivity index is 1.13. The lowest BCUT2D eigenvalue weighted by Crippen LogP contribution is -2.48. The predicted molar refractivity (Wildman–Crippen MR) is 172 cm³/mol. The number of hydrogen-bond donors (Lipinski definition) is 2. The highest BCUT2D eigenvalue weighted by atomic mass is 16.2. The van der Waals surface area contributed by atoms with Gasteiger partial charge in [-0.15, -0.1) is 0 Å². The molecule has 0 radical (unpaired) electrons. The van der Waals surface area contributed by atoms with Crippen molar-refractivity contribution in [2.24, 2.45) is 5.92 Å². The van der Waals surface area contributed by atoms with E-state index in [-0.39, 0.29) is 23.8 Å². The number of benzene rings is 1. The Morgan fingerprint density at radius 2 is 1.73 bits per heavy atom. The minimum atomic E-state index is -0.206. The van der Waals surface area contributed by atoms with E-state index in [1.54, 1.807) is 26.4 Å². The van der Waals surface area contributed by atoms with Crippen LogP contribution < -0.4 is 15.5 Å². The van der Waals surface area contributed by atoms with Crippen molar-refractivity contribution in [3.05, 3.63) is 70.7 Å². The first-order valence-electron chi connectivity index (χ1n) is 15.8. The molecular weight excluding hydrogens is 570 g/mol. The molecule has 6 rings (SSSR count). The summed E-state index contributed by atoms with van der Waals surface area (Å²) in [5.41, 5.74) is 4.71. The molecule has 1 saturated carbocycles. The molecule has 2 aromatic heterocycles. The van der Waals surface area contributed by atoms with Gasteiger partial charge in [0.25, 0.3) is 11.8 Å². The molecule has 1 saturated heterocycles. The highest BCUT2D eigenvalue weighted by Crippen LogP contribution is 2.36. The van der Waals surface area contributed by atoms with Crippen LogP contribution in [-0.4, -0.2) is 101 Å². The highest BCUT2D eigenvalue weighted by molar-refractivity contribution is 5.95. The van der Waals surface area contributed by atoms with Gasteiger partial charge in [0.1, 0.15) is 5.82 Å². The van der Waals surface area contributed by atoms with Gasteiger partial charge in [0, 0.05) is 95.5 Å².